The highest BCUT2D eigenvalue weighted by Gasteiger charge is 2.09. The summed E-state index contributed by atoms with van der Waals surface area (Å²) in [5.74, 6) is 0. The van der Waals surface area contributed by atoms with Gasteiger partial charge in [-0.3, -0.25) is 0 Å². The van der Waals surface area contributed by atoms with E-state index in [1.807, 2.05) is 11.3 Å². The van der Waals surface area contributed by atoms with Crippen LogP contribution in [0.1, 0.15) is 16.0 Å². The average Bonchev–Trinajstić information content (AvgIpc) is 2.68. The van der Waals surface area contributed by atoms with Crippen molar-refractivity contribution < 1.29 is 0 Å². The molecule has 0 aliphatic heterocycles. The molecule has 0 saturated carbocycles. The molecule has 1 heterocycles. The van der Waals surface area contributed by atoms with Gasteiger partial charge in [-0.05, 0) is 41.6 Å². The number of fused-ring (bicyclic) bond motifs is 1. The van der Waals surface area contributed by atoms with Crippen LogP contribution in [-0.4, -0.2) is 0 Å². The van der Waals surface area contributed by atoms with Gasteiger partial charge in [0.1, 0.15) is 0 Å². The smallest absolute Gasteiger partial charge is 0.0349 e. The normalized spacial score (nSPS) is 11.0. The first kappa shape index (κ1) is 11.9. The molecule has 1 aromatic heterocycles. The predicted octanol–water partition coefficient (Wildman–Crippen LogP) is 5.56. The number of aryl methyl sites for hydroxylation is 1. The Morgan fingerprint density at radius 3 is 2.61 bits per heavy atom. The van der Waals surface area contributed by atoms with Crippen molar-refractivity contribution in [3.05, 3.63) is 69.0 Å². The lowest BCUT2D eigenvalue weighted by Crippen LogP contribution is -1.85. The Hall–Kier alpha value is -1.12. The van der Waals surface area contributed by atoms with Crippen LogP contribution in [0.25, 0.3) is 10.1 Å². The van der Waals surface area contributed by atoms with E-state index in [-0.39, 0.29) is 0 Å². The summed E-state index contributed by atoms with van der Waals surface area (Å²) in [4.78, 5) is 1.47. The van der Waals surface area contributed by atoms with E-state index >= 15 is 0 Å². The summed E-state index contributed by atoms with van der Waals surface area (Å²) in [6.45, 7) is 2.23. The van der Waals surface area contributed by atoms with Crippen molar-refractivity contribution in [3.8, 4) is 0 Å². The summed E-state index contributed by atoms with van der Waals surface area (Å²) in [6.07, 6.45) is 1.03. The fourth-order valence-corrected chi connectivity index (χ4v) is 3.78. The Morgan fingerprint density at radius 2 is 1.83 bits per heavy atom. The van der Waals surface area contributed by atoms with E-state index < -0.39 is 0 Å². The molecule has 0 aliphatic rings. The molecule has 0 nitrogen and oxygen atoms in total. The van der Waals surface area contributed by atoms with E-state index in [1.54, 1.807) is 0 Å². The van der Waals surface area contributed by atoms with Gasteiger partial charge in [-0.25, -0.2) is 0 Å². The van der Waals surface area contributed by atoms with Crippen LogP contribution in [0.15, 0.2) is 53.0 Å². The lowest BCUT2D eigenvalue weighted by atomic mass is 10.1. The molecule has 0 radical (unpaired) electrons. The van der Waals surface area contributed by atoms with Crippen LogP contribution in [0.4, 0.5) is 0 Å². The minimum absolute atomic E-state index is 1.03. The van der Waals surface area contributed by atoms with Gasteiger partial charge in [-0.1, -0.05) is 46.3 Å². The van der Waals surface area contributed by atoms with Gasteiger partial charge >= 0.3 is 0 Å². The van der Waals surface area contributed by atoms with Crippen molar-refractivity contribution >= 4 is 37.4 Å². The molecule has 0 N–H and O–H groups in total. The van der Waals surface area contributed by atoms with Crippen LogP contribution in [0.2, 0.25) is 0 Å². The fourth-order valence-electron chi connectivity index (χ4n) is 2.19. The largest absolute Gasteiger partial charge is 0.140 e. The first-order valence-electron chi connectivity index (χ1n) is 5.95. The van der Waals surface area contributed by atoms with Gasteiger partial charge in [-0.2, -0.15) is 0 Å². The molecule has 3 aromatic rings. The molecule has 0 spiro atoms. The third-order valence-corrected chi connectivity index (χ3v) is 4.97. The maximum absolute atomic E-state index is 3.55. The maximum atomic E-state index is 3.55. The maximum Gasteiger partial charge on any atom is 0.0349 e. The van der Waals surface area contributed by atoms with Gasteiger partial charge in [-0.15, -0.1) is 11.3 Å². The Balaban J connectivity index is 2.05. The second-order valence-electron chi connectivity index (χ2n) is 4.45. The van der Waals surface area contributed by atoms with Crippen molar-refractivity contribution in [2.45, 2.75) is 13.3 Å². The zero-order valence-electron chi connectivity index (χ0n) is 10.1. The second kappa shape index (κ2) is 4.87. The van der Waals surface area contributed by atoms with Crippen LogP contribution in [0.5, 0.6) is 0 Å². The number of hydrogen-bond acceptors (Lipinski definition) is 1. The molecule has 2 aromatic carbocycles. The monoisotopic (exact) mass is 316 g/mol. The predicted molar refractivity (Wildman–Crippen MR) is 83.5 cm³/mol. The first-order chi connectivity index (χ1) is 8.74. The third kappa shape index (κ3) is 2.23. The number of thiophene rings is 1. The summed E-state index contributed by atoms with van der Waals surface area (Å²) >= 11 is 5.45. The molecule has 0 saturated heterocycles. The SMILES string of the molecule is Cc1c(Cc2ccccc2)sc2ccc(Br)cc12. The molecule has 0 fully saturated rings. The Labute approximate surface area is 119 Å². The van der Waals surface area contributed by atoms with Crippen molar-refractivity contribution in [2.24, 2.45) is 0 Å². The quantitative estimate of drug-likeness (QED) is 0.580. The van der Waals surface area contributed by atoms with Crippen LogP contribution in [-0.2, 0) is 6.42 Å². The Kier molecular flexibility index (Phi) is 3.23. The molecule has 90 valence electrons. The van der Waals surface area contributed by atoms with E-state index in [0.29, 0.717) is 0 Å². The van der Waals surface area contributed by atoms with E-state index in [4.69, 9.17) is 0 Å². The summed E-state index contributed by atoms with van der Waals surface area (Å²) < 4.78 is 2.53. The lowest BCUT2D eigenvalue weighted by Gasteiger charge is -2.00. The standard InChI is InChI=1S/C16H13BrS/c1-11-14-10-13(17)7-8-15(14)18-16(11)9-12-5-3-2-4-6-12/h2-8,10H,9H2,1H3. The molecular formula is C16H13BrS. The van der Waals surface area contributed by atoms with Gasteiger partial charge in [0, 0.05) is 20.5 Å². The molecule has 0 atom stereocenters. The van der Waals surface area contributed by atoms with E-state index in [9.17, 15) is 0 Å². The summed E-state index contributed by atoms with van der Waals surface area (Å²) in [5.41, 5.74) is 2.80. The number of hydrogen-bond donors (Lipinski definition) is 0. The highest BCUT2D eigenvalue weighted by Crippen LogP contribution is 2.33. The summed E-state index contributed by atoms with van der Waals surface area (Å²) in [5, 5.41) is 1.38. The minimum atomic E-state index is 1.03. The van der Waals surface area contributed by atoms with Gasteiger partial charge < -0.3 is 0 Å². The molecule has 0 amide bonds. The first-order valence-corrected chi connectivity index (χ1v) is 7.56. The molecule has 0 aliphatic carbocycles. The van der Waals surface area contributed by atoms with Crippen molar-refractivity contribution in [3.63, 3.8) is 0 Å². The molecule has 0 bridgehead atoms. The fraction of sp³-hybridized carbons (Fsp3) is 0.125. The third-order valence-electron chi connectivity index (χ3n) is 3.20. The Morgan fingerprint density at radius 1 is 1.06 bits per heavy atom. The van der Waals surface area contributed by atoms with Crippen LogP contribution in [0, 0.1) is 6.92 Å². The highest BCUT2D eigenvalue weighted by molar-refractivity contribution is 9.10. The van der Waals surface area contributed by atoms with Gasteiger partial charge in [0.25, 0.3) is 0 Å². The van der Waals surface area contributed by atoms with Crippen LogP contribution < -0.4 is 0 Å². The zero-order valence-corrected chi connectivity index (χ0v) is 12.5. The minimum Gasteiger partial charge on any atom is -0.140 e. The van der Waals surface area contributed by atoms with Crippen LogP contribution >= 0.6 is 27.3 Å². The highest BCUT2D eigenvalue weighted by atomic mass is 79.9. The van der Waals surface area contributed by atoms with E-state index in [1.165, 1.54) is 26.1 Å². The van der Waals surface area contributed by atoms with Crippen molar-refractivity contribution in [1.82, 2.24) is 0 Å². The molecular weight excluding hydrogens is 304 g/mol. The zero-order chi connectivity index (χ0) is 12.5. The molecule has 0 unspecified atom stereocenters. The van der Waals surface area contributed by atoms with Gasteiger partial charge in [0.05, 0.1) is 0 Å². The molecule has 2 heteroatoms. The summed E-state index contributed by atoms with van der Waals surface area (Å²) in [6, 6.07) is 17.2. The topological polar surface area (TPSA) is 0 Å². The van der Waals surface area contributed by atoms with Crippen molar-refractivity contribution in [2.75, 3.05) is 0 Å². The van der Waals surface area contributed by atoms with Crippen molar-refractivity contribution in [1.29, 1.82) is 0 Å². The number of rotatable bonds is 2. The number of benzene rings is 2. The second-order valence-corrected chi connectivity index (χ2v) is 6.51. The molecule has 18 heavy (non-hydrogen) atoms. The lowest BCUT2D eigenvalue weighted by molar-refractivity contribution is 1.22. The van der Waals surface area contributed by atoms with E-state index in [0.717, 1.165) is 10.9 Å². The Bertz CT molecular complexity index is 683. The van der Waals surface area contributed by atoms with E-state index in [2.05, 4.69) is 71.4 Å². The average molecular weight is 317 g/mol. The van der Waals surface area contributed by atoms with Crippen LogP contribution in [0.3, 0.4) is 0 Å². The summed E-state index contributed by atoms with van der Waals surface area (Å²) in [7, 11) is 0. The molecule has 3 rings (SSSR count). The van der Waals surface area contributed by atoms with Gasteiger partial charge in [0.15, 0.2) is 0 Å². The van der Waals surface area contributed by atoms with Gasteiger partial charge in [0.2, 0.25) is 0 Å². The number of halogens is 1.